The van der Waals surface area contributed by atoms with E-state index in [1.54, 1.807) is 18.2 Å². The highest BCUT2D eigenvalue weighted by Crippen LogP contribution is 2.32. The number of hydrogen-bond donors (Lipinski definition) is 2. The molecule has 1 aromatic carbocycles. The molecule has 0 spiro atoms. The Morgan fingerprint density at radius 1 is 1.25 bits per heavy atom. The fraction of sp³-hybridized carbons (Fsp3) is 0.0833. The molecule has 6 nitrogen and oxygen atoms in total. The maximum Gasteiger partial charge on any atom is 0.238 e. The second-order valence-electron chi connectivity index (χ2n) is 3.97. The van der Waals surface area contributed by atoms with Crippen LogP contribution in [-0.4, -0.2) is 20.8 Å². The Labute approximate surface area is 123 Å². The maximum absolute atomic E-state index is 6.21. The first kappa shape index (κ1) is 12.9. The smallest absolute Gasteiger partial charge is 0.238 e. The fourth-order valence-corrected chi connectivity index (χ4v) is 2.50. The van der Waals surface area contributed by atoms with E-state index in [2.05, 4.69) is 19.0 Å². The zero-order valence-corrected chi connectivity index (χ0v) is 12.0. The van der Waals surface area contributed by atoms with Gasteiger partial charge in [0.05, 0.1) is 35.2 Å². The molecule has 3 rings (SSSR count). The van der Waals surface area contributed by atoms with Crippen molar-refractivity contribution < 1.29 is 4.74 Å². The quantitative estimate of drug-likeness (QED) is 0.773. The van der Waals surface area contributed by atoms with Crippen LogP contribution in [0.5, 0.6) is 5.88 Å². The minimum Gasteiger partial charge on any atom is -0.479 e. The Hall–Kier alpha value is -2.12. The molecule has 0 amide bonds. The number of anilines is 3. The Morgan fingerprint density at radius 3 is 2.90 bits per heavy atom. The third-order valence-electron chi connectivity index (χ3n) is 2.71. The number of nitrogen functional groups attached to an aromatic ring is 1. The third kappa shape index (κ3) is 2.21. The number of halogens is 1. The van der Waals surface area contributed by atoms with E-state index in [1.165, 1.54) is 7.11 Å². The van der Waals surface area contributed by atoms with Gasteiger partial charge in [-0.05, 0) is 24.3 Å². The first-order valence-electron chi connectivity index (χ1n) is 5.67. The average Bonchev–Trinajstić information content (AvgIpc) is 2.92. The lowest BCUT2D eigenvalue weighted by molar-refractivity contribution is 0.401. The van der Waals surface area contributed by atoms with Crippen molar-refractivity contribution in [1.82, 2.24) is 13.7 Å². The third-order valence-corrected chi connectivity index (χ3v) is 3.57. The van der Waals surface area contributed by atoms with E-state index in [1.807, 2.05) is 6.07 Å². The Kier molecular flexibility index (Phi) is 3.29. The van der Waals surface area contributed by atoms with Gasteiger partial charge in [0.2, 0.25) is 5.88 Å². The van der Waals surface area contributed by atoms with Gasteiger partial charge < -0.3 is 15.8 Å². The molecule has 0 radical (unpaired) electrons. The van der Waals surface area contributed by atoms with Gasteiger partial charge in [-0.1, -0.05) is 11.6 Å². The van der Waals surface area contributed by atoms with E-state index in [4.69, 9.17) is 22.1 Å². The van der Waals surface area contributed by atoms with Crippen LogP contribution in [0.25, 0.3) is 11.0 Å². The predicted molar refractivity (Wildman–Crippen MR) is 80.9 cm³/mol. The molecule has 20 heavy (non-hydrogen) atoms. The van der Waals surface area contributed by atoms with E-state index in [9.17, 15) is 0 Å². The first-order chi connectivity index (χ1) is 9.69. The monoisotopic (exact) mass is 307 g/mol. The lowest BCUT2D eigenvalue weighted by Crippen LogP contribution is -2.00. The Balaban J connectivity index is 2.05. The van der Waals surface area contributed by atoms with Gasteiger partial charge in [0.1, 0.15) is 16.9 Å². The van der Waals surface area contributed by atoms with Crippen LogP contribution in [0, 0.1) is 0 Å². The largest absolute Gasteiger partial charge is 0.479 e. The molecule has 0 saturated heterocycles. The number of hydrogen-bond acceptors (Lipinski definition) is 7. The zero-order chi connectivity index (χ0) is 14.1. The highest BCUT2D eigenvalue weighted by molar-refractivity contribution is 7.00. The summed E-state index contributed by atoms with van der Waals surface area (Å²) in [6.45, 7) is 0. The second-order valence-corrected chi connectivity index (χ2v) is 4.91. The van der Waals surface area contributed by atoms with E-state index in [0.717, 1.165) is 17.2 Å². The number of aromatic nitrogens is 3. The number of rotatable bonds is 3. The van der Waals surface area contributed by atoms with Gasteiger partial charge in [-0.2, -0.15) is 13.7 Å². The minimum atomic E-state index is 0.356. The standard InChI is InChI=1S/C12H10ClN5OS/c1-19-12-7(14)3-5-9(16-12)15-10-6(13)2-4-8-11(10)18-20-17-8/h2-5H,14H2,1H3,(H,15,16). The number of fused-ring (bicyclic) bond motifs is 1. The van der Waals surface area contributed by atoms with Crippen molar-refractivity contribution in [1.29, 1.82) is 0 Å². The van der Waals surface area contributed by atoms with Crippen LogP contribution >= 0.6 is 23.3 Å². The highest BCUT2D eigenvalue weighted by atomic mass is 35.5. The van der Waals surface area contributed by atoms with Crippen molar-refractivity contribution >= 4 is 51.6 Å². The molecule has 0 aliphatic heterocycles. The number of methoxy groups -OCH3 is 1. The molecule has 8 heteroatoms. The van der Waals surface area contributed by atoms with Crippen molar-refractivity contribution in [3.8, 4) is 5.88 Å². The van der Waals surface area contributed by atoms with Crippen LogP contribution in [0.3, 0.4) is 0 Å². The summed E-state index contributed by atoms with van der Waals surface area (Å²) >= 11 is 7.34. The van der Waals surface area contributed by atoms with Gasteiger partial charge in [-0.15, -0.1) is 0 Å². The van der Waals surface area contributed by atoms with Gasteiger partial charge in [-0.25, -0.2) is 0 Å². The van der Waals surface area contributed by atoms with E-state index < -0.39 is 0 Å². The van der Waals surface area contributed by atoms with Crippen molar-refractivity contribution in [3.05, 3.63) is 29.3 Å². The Bertz CT molecular complexity index is 776. The highest BCUT2D eigenvalue weighted by Gasteiger charge is 2.11. The van der Waals surface area contributed by atoms with Crippen LogP contribution in [0.1, 0.15) is 0 Å². The van der Waals surface area contributed by atoms with Gasteiger partial charge in [0.25, 0.3) is 0 Å². The van der Waals surface area contributed by atoms with Gasteiger partial charge >= 0.3 is 0 Å². The number of benzene rings is 1. The van der Waals surface area contributed by atoms with Gasteiger partial charge in [-0.3, -0.25) is 0 Å². The molecule has 0 fully saturated rings. The van der Waals surface area contributed by atoms with Crippen molar-refractivity contribution in [3.63, 3.8) is 0 Å². The number of nitrogens with one attached hydrogen (secondary N) is 1. The van der Waals surface area contributed by atoms with E-state index in [0.29, 0.717) is 33.6 Å². The molecule has 0 saturated carbocycles. The first-order valence-corrected chi connectivity index (χ1v) is 6.78. The van der Waals surface area contributed by atoms with E-state index >= 15 is 0 Å². The molecule has 2 heterocycles. The van der Waals surface area contributed by atoms with Crippen molar-refractivity contribution in [2.24, 2.45) is 0 Å². The molecule has 3 aromatic rings. The lowest BCUT2D eigenvalue weighted by atomic mass is 10.2. The van der Waals surface area contributed by atoms with Crippen molar-refractivity contribution in [2.75, 3.05) is 18.2 Å². The number of pyridine rings is 1. The molecule has 3 N–H and O–H groups in total. The summed E-state index contributed by atoms with van der Waals surface area (Å²) in [6.07, 6.45) is 0. The number of nitrogens with zero attached hydrogens (tertiary/aromatic N) is 3. The number of nitrogens with two attached hydrogens (primary N) is 1. The number of ether oxygens (including phenoxy) is 1. The van der Waals surface area contributed by atoms with Crippen LogP contribution in [0.15, 0.2) is 24.3 Å². The summed E-state index contributed by atoms with van der Waals surface area (Å²) in [5, 5.41) is 3.67. The topological polar surface area (TPSA) is 86.0 Å². The molecular weight excluding hydrogens is 298 g/mol. The molecule has 102 valence electrons. The normalized spacial score (nSPS) is 10.7. The second kappa shape index (κ2) is 5.10. The maximum atomic E-state index is 6.21. The summed E-state index contributed by atoms with van der Waals surface area (Å²) in [6, 6.07) is 7.04. The molecule has 0 aliphatic rings. The molecular formula is C12H10ClN5OS. The lowest BCUT2D eigenvalue weighted by Gasteiger charge is -2.10. The summed E-state index contributed by atoms with van der Waals surface area (Å²) in [4.78, 5) is 4.26. The van der Waals surface area contributed by atoms with Gasteiger partial charge in [0.15, 0.2) is 0 Å². The summed E-state index contributed by atoms with van der Waals surface area (Å²) in [7, 11) is 1.51. The van der Waals surface area contributed by atoms with Crippen LogP contribution < -0.4 is 15.8 Å². The summed E-state index contributed by atoms with van der Waals surface area (Å²) in [5.74, 6) is 0.924. The molecule has 0 bridgehead atoms. The Morgan fingerprint density at radius 2 is 2.10 bits per heavy atom. The SMILES string of the molecule is COc1nc(Nc2c(Cl)ccc3nsnc23)ccc1N. The zero-order valence-electron chi connectivity index (χ0n) is 10.4. The fourth-order valence-electron chi connectivity index (χ4n) is 1.76. The molecule has 0 unspecified atom stereocenters. The van der Waals surface area contributed by atoms with Crippen LogP contribution in [0.2, 0.25) is 5.02 Å². The minimum absolute atomic E-state index is 0.356. The van der Waals surface area contributed by atoms with Crippen molar-refractivity contribution in [2.45, 2.75) is 0 Å². The molecule has 2 aromatic heterocycles. The molecule has 0 aliphatic carbocycles. The predicted octanol–water partition coefficient (Wildman–Crippen LogP) is 3.07. The van der Waals surface area contributed by atoms with Crippen LogP contribution in [-0.2, 0) is 0 Å². The molecule has 0 atom stereocenters. The summed E-state index contributed by atoms with van der Waals surface area (Å²) in [5.41, 5.74) is 8.36. The van der Waals surface area contributed by atoms with Gasteiger partial charge in [0, 0.05) is 0 Å². The van der Waals surface area contributed by atoms with E-state index in [-0.39, 0.29) is 0 Å². The summed E-state index contributed by atoms with van der Waals surface area (Å²) < 4.78 is 13.5. The van der Waals surface area contributed by atoms with Crippen LogP contribution in [0.4, 0.5) is 17.2 Å². The average molecular weight is 308 g/mol.